The van der Waals surface area contributed by atoms with Crippen LogP contribution in [-0.2, 0) is 0 Å². The molecule has 0 aliphatic carbocycles. The van der Waals surface area contributed by atoms with Gasteiger partial charge >= 0.3 is 0 Å². The van der Waals surface area contributed by atoms with Crippen molar-refractivity contribution < 1.29 is 4.74 Å². The molecule has 2 rings (SSSR count). The maximum atomic E-state index is 6.26. The molecule has 3 nitrogen and oxygen atoms in total. The molecule has 0 aromatic heterocycles. The molecule has 1 aromatic rings. The van der Waals surface area contributed by atoms with E-state index in [9.17, 15) is 0 Å². The Balaban J connectivity index is 2.38. The van der Waals surface area contributed by atoms with Crippen LogP contribution in [0.5, 0.6) is 5.75 Å². The van der Waals surface area contributed by atoms with Crippen molar-refractivity contribution in [3.8, 4) is 5.75 Å². The molecule has 0 saturated carbocycles. The Morgan fingerprint density at radius 1 is 1.29 bits per heavy atom. The standard InChI is InChI=1S/C18H30N2O/c1-12(2)14-7-8-16-15(9-14)20(11-18(5,6)19)10-17(21-16)13(3)4/h7-9,12-13,17H,10-11,19H2,1-6H3. The molecule has 0 fully saturated rings. The highest BCUT2D eigenvalue weighted by Crippen LogP contribution is 2.37. The number of hydrogen-bond acceptors (Lipinski definition) is 3. The summed E-state index contributed by atoms with van der Waals surface area (Å²) in [4.78, 5) is 2.40. The van der Waals surface area contributed by atoms with Gasteiger partial charge in [-0.2, -0.15) is 0 Å². The number of fused-ring (bicyclic) bond motifs is 1. The second-order valence-corrected chi connectivity index (χ2v) is 7.65. The van der Waals surface area contributed by atoms with Gasteiger partial charge in [0.15, 0.2) is 0 Å². The van der Waals surface area contributed by atoms with Gasteiger partial charge in [-0.3, -0.25) is 0 Å². The zero-order valence-corrected chi connectivity index (χ0v) is 14.3. The first kappa shape index (κ1) is 16.2. The number of benzene rings is 1. The number of hydrogen-bond donors (Lipinski definition) is 1. The Hall–Kier alpha value is -1.22. The normalized spacial score (nSPS) is 18.9. The molecular formula is C18H30N2O. The van der Waals surface area contributed by atoms with Crippen molar-refractivity contribution in [1.29, 1.82) is 0 Å². The fourth-order valence-electron chi connectivity index (χ4n) is 2.74. The minimum atomic E-state index is -0.218. The molecule has 118 valence electrons. The minimum Gasteiger partial charge on any atom is -0.486 e. The van der Waals surface area contributed by atoms with E-state index in [1.165, 1.54) is 11.3 Å². The van der Waals surface area contributed by atoms with Gasteiger partial charge in [0.25, 0.3) is 0 Å². The minimum absolute atomic E-state index is 0.218. The molecule has 0 amide bonds. The average Bonchev–Trinajstić information content (AvgIpc) is 2.35. The lowest BCUT2D eigenvalue weighted by atomic mass is 9.98. The van der Waals surface area contributed by atoms with E-state index >= 15 is 0 Å². The highest BCUT2D eigenvalue weighted by Gasteiger charge is 2.30. The molecular weight excluding hydrogens is 260 g/mol. The van der Waals surface area contributed by atoms with E-state index in [2.05, 4.69) is 64.6 Å². The van der Waals surface area contributed by atoms with Crippen LogP contribution in [0.3, 0.4) is 0 Å². The monoisotopic (exact) mass is 290 g/mol. The van der Waals surface area contributed by atoms with E-state index in [4.69, 9.17) is 10.5 Å². The Kier molecular flexibility index (Phi) is 4.52. The van der Waals surface area contributed by atoms with E-state index in [0.717, 1.165) is 18.8 Å². The largest absolute Gasteiger partial charge is 0.486 e. The third-order valence-corrected chi connectivity index (χ3v) is 4.01. The van der Waals surface area contributed by atoms with E-state index in [0.29, 0.717) is 11.8 Å². The third-order valence-electron chi connectivity index (χ3n) is 4.01. The summed E-state index contributed by atoms with van der Waals surface area (Å²) >= 11 is 0. The van der Waals surface area contributed by atoms with Gasteiger partial charge in [-0.15, -0.1) is 0 Å². The van der Waals surface area contributed by atoms with E-state index in [1.54, 1.807) is 0 Å². The van der Waals surface area contributed by atoms with E-state index in [1.807, 2.05) is 0 Å². The van der Waals surface area contributed by atoms with Crippen LogP contribution in [0.4, 0.5) is 5.69 Å². The summed E-state index contributed by atoms with van der Waals surface area (Å²) in [7, 11) is 0. The van der Waals surface area contributed by atoms with Gasteiger partial charge in [-0.1, -0.05) is 33.8 Å². The second-order valence-electron chi connectivity index (χ2n) is 7.65. The van der Waals surface area contributed by atoms with Gasteiger partial charge in [0.05, 0.1) is 12.2 Å². The lowest BCUT2D eigenvalue weighted by Crippen LogP contribution is -2.51. The Labute approximate surface area is 129 Å². The molecule has 21 heavy (non-hydrogen) atoms. The summed E-state index contributed by atoms with van der Waals surface area (Å²) in [5.74, 6) is 2.01. The Morgan fingerprint density at radius 3 is 2.48 bits per heavy atom. The molecule has 1 unspecified atom stereocenters. The molecule has 3 heteroatoms. The smallest absolute Gasteiger partial charge is 0.143 e. The van der Waals surface area contributed by atoms with Gasteiger partial charge in [0.1, 0.15) is 11.9 Å². The highest BCUT2D eigenvalue weighted by molar-refractivity contribution is 5.62. The van der Waals surface area contributed by atoms with Crippen LogP contribution in [0.25, 0.3) is 0 Å². The summed E-state index contributed by atoms with van der Waals surface area (Å²) in [5.41, 5.74) is 8.58. The van der Waals surface area contributed by atoms with Crippen LogP contribution in [0.1, 0.15) is 53.0 Å². The van der Waals surface area contributed by atoms with Gasteiger partial charge in [0.2, 0.25) is 0 Å². The van der Waals surface area contributed by atoms with Crippen LogP contribution in [0, 0.1) is 5.92 Å². The fourth-order valence-corrected chi connectivity index (χ4v) is 2.74. The van der Waals surface area contributed by atoms with Crippen molar-refractivity contribution in [3.63, 3.8) is 0 Å². The SMILES string of the molecule is CC(C)c1ccc2c(c1)N(CC(C)(C)N)CC(C(C)C)O2. The molecule has 1 heterocycles. The maximum absolute atomic E-state index is 6.26. The van der Waals surface area contributed by atoms with Crippen molar-refractivity contribution in [2.24, 2.45) is 11.7 Å². The van der Waals surface area contributed by atoms with Crippen LogP contribution >= 0.6 is 0 Å². The third kappa shape index (κ3) is 3.91. The van der Waals surface area contributed by atoms with Crippen LogP contribution in [0.15, 0.2) is 18.2 Å². The van der Waals surface area contributed by atoms with Gasteiger partial charge in [-0.05, 0) is 43.4 Å². The van der Waals surface area contributed by atoms with Gasteiger partial charge in [-0.25, -0.2) is 0 Å². The number of nitrogens with zero attached hydrogens (tertiary/aromatic N) is 1. The summed E-state index contributed by atoms with van der Waals surface area (Å²) in [6, 6.07) is 6.57. The second kappa shape index (κ2) is 5.88. The molecule has 0 spiro atoms. The first-order chi connectivity index (χ1) is 9.67. The van der Waals surface area contributed by atoms with Crippen molar-refractivity contribution >= 4 is 5.69 Å². The molecule has 1 aromatic carbocycles. The summed E-state index contributed by atoms with van der Waals surface area (Å²) in [5, 5.41) is 0. The molecule has 1 aliphatic heterocycles. The number of ether oxygens (including phenoxy) is 1. The van der Waals surface area contributed by atoms with Crippen molar-refractivity contribution in [1.82, 2.24) is 0 Å². The van der Waals surface area contributed by atoms with Gasteiger partial charge in [0, 0.05) is 12.1 Å². The lowest BCUT2D eigenvalue weighted by Gasteiger charge is -2.41. The zero-order valence-electron chi connectivity index (χ0n) is 14.3. The summed E-state index contributed by atoms with van der Waals surface area (Å²) in [6.07, 6.45) is 0.227. The predicted molar refractivity (Wildman–Crippen MR) is 90.3 cm³/mol. The lowest BCUT2D eigenvalue weighted by molar-refractivity contribution is 0.144. The summed E-state index contributed by atoms with van der Waals surface area (Å²) < 4.78 is 6.19. The first-order valence-corrected chi connectivity index (χ1v) is 8.02. The molecule has 0 saturated heterocycles. The first-order valence-electron chi connectivity index (χ1n) is 8.02. The highest BCUT2D eigenvalue weighted by atomic mass is 16.5. The quantitative estimate of drug-likeness (QED) is 0.917. The van der Waals surface area contributed by atoms with E-state index in [-0.39, 0.29) is 11.6 Å². The van der Waals surface area contributed by atoms with Crippen LogP contribution < -0.4 is 15.4 Å². The van der Waals surface area contributed by atoms with Gasteiger partial charge < -0.3 is 15.4 Å². The van der Waals surface area contributed by atoms with Crippen LogP contribution in [-0.4, -0.2) is 24.7 Å². The summed E-state index contributed by atoms with van der Waals surface area (Å²) in [6.45, 7) is 14.8. The Bertz CT molecular complexity index is 488. The molecule has 2 N–H and O–H groups in total. The molecule has 1 aliphatic rings. The van der Waals surface area contributed by atoms with E-state index < -0.39 is 0 Å². The number of anilines is 1. The molecule has 0 radical (unpaired) electrons. The van der Waals surface area contributed by atoms with Crippen molar-refractivity contribution in [2.75, 3.05) is 18.0 Å². The van der Waals surface area contributed by atoms with Crippen LogP contribution in [0.2, 0.25) is 0 Å². The number of nitrogens with two attached hydrogens (primary N) is 1. The van der Waals surface area contributed by atoms with Crippen molar-refractivity contribution in [2.45, 2.75) is 59.1 Å². The molecule has 0 bridgehead atoms. The topological polar surface area (TPSA) is 38.5 Å². The Morgan fingerprint density at radius 2 is 1.95 bits per heavy atom. The maximum Gasteiger partial charge on any atom is 0.143 e. The zero-order chi connectivity index (χ0) is 15.8. The fraction of sp³-hybridized carbons (Fsp3) is 0.667. The average molecular weight is 290 g/mol. The predicted octanol–water partition coefficient (Wildman–Crippen LogP) is 3.77. The number of rotatable bonds is 4. The molecule has 1 atom stereocenters. The van der Waals surface area contributed by atoms with Crippen molar-refractivity contribution in [3.05, 3.63) is 23.8 Å².